The Labute approximate surface area is 180 Å². The molecular formula is C23H23ClN2O4. The molecule has 156 valence electrons. The van der Waals surface area contributed by atoms with Crippen molar-refractivity contribution in [1.29, 1.82) is 0 Å². The molecule has 0 saturated heterocycles. The van der Waals surface area contributed by atoms with E-state index < -0.39 is 5.54 Å². The van der Waals surface area contributed by atoms with Crippen molar-refractivity contribution in [3.8, 4) is 5.75 Å². The first kappa shape index (κ1) is 20.4. The smallest absolute Gasteiger partial charge is 0.265 e. The number of halogens is 1. The number of carbonyl (C=O) groups is 3. The van der Waals surface area contributed by atoms with Crippen LogP contribution in [0.2, 0.25) is 5.02 Å². The van der Waals surface area contributed by atoms with Gasteiger partial charge in [-0.2, -0.15) is 0 Å². The fourth-order valence-electron chi connectivity index (χ4n) is 4.41. The number of ether oxygens (including phenoxy) is 1. The lowest BCUT2D eigenvalue weighted by Crippen LogP contribution is -2.57. The number of fused-ring (bicyclic) bond motifs is 1. The molecule has 30 heavy (non-hydrogen) atoms. The predicted octanol–water partition coefficient (Wildman–Crippen LogP) is 3.56. The number of hydrogen-bond donors (Lipinski definition) is 0. The van der Waals surface area contributed by atoms with E-state index in [0.29, 0.717) is 34.9 Å². The van der Waals surface area contributed by atoms with Crippen molar-refractivity contribution in [3.05, 3.63) is 59.1 Å². The molecule has 0 spiro atoms. The van der Waals surface area contributed by atoms with Crippen molar-refractivity contribution in [1.82, 2.24) is 4.90 Å². The number of carbonyl (C=O) groups excluding carboxylic acids is 3. The van der Waals surface area contributed by atoms with Gasteiger partial charge in [-0.1, -0.05) is 41.9 Å². The highest BCUT2D eigenvalue weighted by Crippen LogP contribution is 2.42. The van der Waals surface area contributed by atoms with Gasteiger partial charge in [-0.25, -0.2) is 0 Å². The summed E-state index contributed by atoms with van der Waals surface area (Å²) >= 11 is 6.47. The molecule has 2 aromatic carbocycles. The van der Waals surface area contributed by atoms with Gasteiger partial charge in [0.2, 0.25) is 5.91 Å². The summed E-state index contributed by atoms with van der Waals surface area (Å²) in [5.74, 6) is -0.0824. The molecule has 2 amide bonds. The number of anilines is 1. The van der Waals surface area contributed by atoms with E-state index in [9.17, 15) is 14.4 Å². The van der Waals surface area contributed by atoms with Crippen LogP contribution in [0.4, 0.5) is 5.69 Å². The minimum absolute atomic E-state index is 0.0218. The second-order valence-electron chi connectivity index (χ2n) is 7.66. The number of rotatable bonds is 4. The third kappa shape index (κ3) is 3.35. The lowest BCUT2D eigenvalue weighted by atomic mass is 9.74. The number of ketones is 1. The fourth-order valence-corrected chi connectivity index (χ4v) is 4.70. The Morgan fingerprint density at radius 3 is 2.63 bits per heavy atom. The second kappa shape index (κ2) is 8.11. The van der Waals surface area contributed by atoms with Crippen LogP contribution in [0, 0.1) is 0 Å². The first-order valence-corrected chi connectivity index (χ1v) is 10.4. The van der Waals surface area contributed by atoms with Gasteiger partial charge in [-0.15, -0.1) is 0 Å². The largest absolute Gasteiger partial charge is 0.482 e. The molecule has 1 aliphatic heterocycles. The number of Topliss-reactive ketones (excluding diaryl/α,β-unsaturated/α-hetero) is 1. The molecule has 1 atom stereocenters. The summed E-state index contributed by atoms with van der Waals surface area (Å²) in [7, 11) is 1.63. The molecule has 2 aromatic rings. The standard InChI is InChI=1S/C23H23ClN2O4/c1-25(21(28)14-26-18-10-4-5-11-19(18)30-15-22(26)29)23(13-7-6-12-20(23)27)16-8-2-3-9-17(16)24/h2-5,8-11H,6-7,12-15H2,1H3. The van der Waals surface area contributed by atoms with Gasteiger partial charge in [0.25, 0.3) is 5.91 Å². The van der Waals surface area contributed by atoms with Crippen LogP contribution in [0.3, 0.4) is 0 Å². The number of benzene rings is 2. The Kier molecular flexibility index (Phi) is 5.52. The van der Waals surface area contributed by atoms with Gasteiger partial charge in [0.1, 0.15) is 17.8 Å². The monoisotopic (exact) mass is 426 g/mol. The van der Waals surface area contributed by atoms with Crippen LogP contribution in [0.1, 0.15) is 31.2 Å². The van der Waals surface area contributed by atoms with Crippen molar-refractivity contribution in [2.75, 3.05) is 25.1 Å². The van der Waals surface area contributed by atoms with Crippen LogP contribution >= 0.6 is 11.6 Å². The third-order valence-corrected chi connectivity index (χ3v) is 6.35. The minimum atomic E-state index is -1.12. The Bertz CT molecular complexity index is 1010. The third-order valence-electron chi connectivity index (χ3n) is 6.02. The molecule has 1 heterocycles. The van der Waals surface area contributed by atoms with Crippen LogP contribution in [-0.2, 0) is 19.9 Å². The number of amides is 2. The Morgan fingerprint density at radius 1 is 1.13 bits per heavy atom. The molecule has 1 saturated carbocycles. The van der Waals surface area contributed by atoms with E-state index >= 15 is 0 Å². The molecule has 0 radical (unpaired) electrons. The van der Waals surface area contributed by atoms with Gasteiger partial charge in [-0.05, 0) is 37.5 Å². The zero-order valence-electron chi connectivity index (χ0n) is 16.8. The Balaban J connectivity index is 1.68. The summed E-state index contributed by atoms with van der Waals surface area (Å²) in [6.07, 6.45) is 2.50. The van der Waals surface area contributed by atoms with E-state index in [2.05, 4.69) is 0 Å². The number of likely N-dealkylation sites (N-methyl/N-ethyl adjacent to an activating group) is 1. The molecule has 1 unspecified atom stereocenters. The zero-order valence-corrected chi connectivity index (χ0v) is 17.5. The molecule has 0 N–H and O–H groups in total. The zero-order chi connectivity index (χ0) is 21.3. The van der Waals surface area contributed by atoms with Crippen molar-refractivity contribution in [2.24, 2.45) is 0 Å². The van der Waals surface area contributed by atoms with Crippen molar-refractivity contribution >= 4 is 34.9 Å². The lowest BCUT2D eigenvalue weighted by molar-refractivity contribution is -0.147. The summed E-state index contributed by atoms with van der Waals surface area (Å²) in [5, 5.41) is 0.459. The Morgan fingerprint density at radius 2 is 1.87 bits per heavy atom. The molecule has 7 heteroatoms. The lowest BCUT2D eigenvalue weighted by Gasteiger charge is -2.44. The van der Waals surface area contributed by atoms with Gasteiger partial charge in [0.15, 0.2) is 12.4 Å². The summed E-state index contributed by atoms with van der Waals surface area (Å²) in [4.78, 5) is 42.0. The Hall–Kier alpha value is -2.86. The van der Waals surface area contributed by atoms with Crippen LogP contribution in [0.25, 0.3) is 0 Å². The van der Waals surface area contributed by atoms with E-state index in [0.717, 1.165) is 12.8 Å². The van der Waals surface area contributed by atoms with Crippen LogP contribution in [-0.4, -0.2) is 42.7 Å². The quantitative estimate of drug-likeness (QED) is 0.749. The maximum Gasteiger partial charge on any atom is 0.265 e. The first-order chi connectivity index (χ1) is 14.4. The summed E-state index contributed by atoms with van der Waals surface area (Å²) in [6, 6.07) is 14.3. The highest BCUT2D eigenvalue weighted by molar-refractivity contribution is 6.31. The van der Waals surface area contributed by atoms with E-state index in [1.54, 1.807) is 37.4 Å². The van der Waals surface area contributed by atoms with Gasteiger partial charge in [0.05, 0.1) is 5.69 Å². The molecule has 1 fully saturated rings. The molecular weight excluding hydrogens is 404 g/mol. The number of para-hydroxylation sites is 2. The molecule has 0 bridgehead atoms. The van der Waals surface area contributed by atoms with E-state index in [-0.39, 0.29) is 30.7 Å². The van der Waals surface area contributed by atoms with Crippen LogP contribution in [0.5, 0.6) is 5.75 Å². The molecule has 4 rings (SSSR count). The summed E-state index contributed by atoms with van der Waals surface area (Å²) < 4.78 is 5.46. The van der Waals surface area contributed by atoms with Gasteiger partial charge >= 0.3 is 0 Å². The van der Waals surface area contributed by atoms with Crippen LogP contribution < -0.4 is 9.64 Å². The van der Waals surface area contributed by atoms with Crippen molar-refractivity contribution in [2.45, 2.75) is 31.2 Å². The van der Waals surface area contributed by atoms with E-state index in [1.165, 1.54) is 9.80 Å². The van der Waals surface area contributed by atoms with Gasteiger partial charge in [-0.3, -0.25) is 19.3 Å². The predicted molar refractivity (Wildman–Crippen MR) is 114 cm³/mol. The average Bonchev–Trinajstić information content (AvgIpc) is 2.76. The molecule has 1 aliphatic carbocycles. The normalized spacial score (nSPS) is 21.1. The molecule has 6 nitrogen and oxygen atoms in total. The first-order valence-electron chi connectivity index (χ1n) is 10.0. The van der Waals surface area contributed by atoms with Crippen molar-refractivity contribution in [3.63, 3.8) is 0 Å². The SMILES string of the molecule is CN(C(=O)CN1C(=O)COc2ccccc21)C1(c2ccccc2Cl)CCCCC1=O. The highest BCUT2D eigenvalue weighted by atomic mass is 35.5. The topological polar surface area (TPSA) is 66.9 Å². The van der Waals surface area contributed by atoms with Crippen LogP contribution in [0.15, 0.2) is 48.5 Å². The number of hydrogen-bond acceptors (Lipinski definition) is 4. The second-order valence-corrected chi connectivity index (χ2v) is 8.07. The van der Waals surface area contributed by atoms with E-state index in [4.69, 9.17) is 16.3 Å². The van der Waals surface area contributed by atoms with Crippen molar-refractivity contribution < 1.29 is 19.1 Å². The van der Waals surface area contributed by atoms with Gasteiger partial charge < -0.3 is 9.64 Å². The van der Waals surface area contributed by atoms with E-state index in [1.807, 2.05) is 18.2 Å². The fraction of sp³-hybridized carbons (Fsp3) is 0.348. The molecule has 0 aromatic heterocycles. The molecule has 2 aliphatic rings. The maximum absolute atomic E-state index is 13.4. The minimum Gasteiger partial charge on any atom is -0.482 e. The average molecular weight is 427 g/mol. The summed E-state index contributed by atoms with van der Waals surface area (Å²) in [5.41, 5.74) is 0.0703. The number of nitrogens with zero attached hydrogens (tertiary/aromatic N) is 2. The maximum atomic E-state index is 13.4. The summed E-state index contributed by atoms with van der Waals surface area (Å²) in [6.45, 7) is -0.294. The highest BCUT2D eigenvalue weighted by Gasteiger charge is 2.48. The van der Waals surface area contributed by atoms with Gasteiger partial charge in [0, 0.05) is 24.1 Å².